The van der Waals surface area contributed by atoms with Crippen molar-refractivity contribution in [2.75, 3.05) is 4.90 Å². The lowest BCUT2D eigenvalue weighted by Crippen LogP contribution is -2.73. The molecule has 0 unspecified atom stereocenters. The molecule has 2 fully saturated rings. The van der Waals surface area contributed by atoms with Gasteiger partial charge in [0.15, 0.2) is 0 Å². The van der Waals surface area contributed by atoms with Crippen LogP contribution in [0, 0.1) is 0 Å². The van der Waals surface area contributed by atoms with E-state index in [0.29, 0.717) is 23.7 Å². The van der Waals surface area contributed by atoms with Crippen LogP contribution in [-0.2, 0) is 10.8 Å². The Labute approximate surface area is 312 Å². The second kappa shape index (κ2) is 8.46. The summed E-state index contributed by atoms with van der Waals surface area (Å²) in [4.78, 5) is 2.67. The highest BCUT2D eigenvalue weighted by Crippen LogP contribution is 2.60. The van der Waals surface area contributed by atoms with Crippen LogP contribution in [0.25, 0.3) is 0 Å². The minimum absolute atomic E-state index is 0.155. The summed E-state index contributed by atoms with van der Waals surface area (Å²) in [6, 6.07) is 21.6. The summed E-state index contributed by atoms with van der Waals surface area (Å²) in [5.74, 6) is 7.02. The van der Waals surface area contributed by atoms with Gasteiger partial charge in [-0.1, -0.05) is 45.9 Å². The molecule has 12 aliphatic rings. The molecule has 5 aromatic rings. The standard InChI is InChI=1S/C48H41B2NO2/c1-47(2)28-21-29-41-46-40(28)49-42-30(7-5-9-32(42)52-34-19-26-22-11-15-24(16-12-22)36(26)38(47)44(34)49)51(46)31-8-6-10-33-43(31)50(41)45-35(53-33)20-27-23-13-17-25(18-14-23)37(27)39(45)48(29,3)4/h5-10,19-25H,11-18H2,1-4H3. The third-order valence-corrected chi connectivity index (χ3v) is 16.9. The Bertz CT molecular complexity index is 2510. The SMILES string of the molecule is CC1(C)c2cc3c4c5c2B2c6c(cccc6N5c5cccc6c5B4c4c(cc5c(c4C3(C)C)C3CCC5CC3)O6)Oc3cc4c(c1c32)C1CCC4CC1. The van der Waals surface area contributed by atoms with E-state index in [4.69, 9.17) is 9.47 Å². The molecule has 5 heteroatoms. The van der Waals surface area contributed by atoms with Gasteiger partial charge in [0, 0.05) is 27.9 Å². The van der Waals surface area contributed by atoms with Crippen molar-refractivity contribution in [1.82, 2.24) is 0 Å². The van der Waals surface area contributed by atoms with E-state index < -0.39 is 0 Å². The molecule has 256 valence electrons. The molecule has 6 aliphatic heterocycles. The zero-order valence-corrected chi connectivity index (χ0v) is 31.1. The molecule has 5 aromatic carbocycles. The molecular formula is C48H41B2NO2. The Kier molecular flexibility index (Phi) is 4.49. The molecule has 0 N–H and O–H groups in total. The predicted octanol–water partition coefficient (Wildman–Crippen LogP) is 7.82. The average molecular weight is 685 g/mol. The number of hydrogen-bond acceptors (Lipinski definition) is 3. The van der Waals surface area contributed by atoms with Gasteiger partial charge in [0.1, 0.15) is 23.0 Å². The van der Waals surface area contributed by atoms with Crippen LogP contribution in [-0.4, -0.2) is 13.4 Å². The van der Waals surface area contributed by atoms with E-state index >= 15 is 0 Å². The summed E-state index contributed by atoms with van der Waals surface area (Å²) >= 11 is 0. The summed E-state index contributed by atoms with van der Waals surface area (Å²) in [7, 11) is 0. The Morgan fingerprint density at radius 1 is 0.509 bits per heavy atom. The number of ether oxygens (including phenoxy) is 2. The number of fused-ring (bicyclic) bond motifs is 6. The van der Waals surface area contributed by atoms with Crippen molar-refractivity contribution in [1.29, 1.82) is 0 Å². The summed E-state index contributed by atoms with van der Waals surface area (Å²) in [5.41, 5.74) is 25.5. The van der Waals surface area contributed by atoms with Crippen LogP contribution in [0.1, 0.15) is 147 Å². The van der Waals surface area contributed by atoms with Crippen molar-refractivity contribution in [2.45, 2.75) is 114 Å². The third kappa shape index (κ3) is 2.82. The molecule has 3 nitrogen and oxygen atoms in total. The molecule has 4 bridgehead atoms. The number of rotatable bonds is 0. The van der Waals surface area contributed by atoms with Gasteiger partial charge in [-0.3, -0.25) is 0 Å². The van der Waals surface area contributed by atoms with Crippen LogP contribution in [0.2, 0.25) is 0 Å². The van der Waals surface area contributed by atoms with Gasteiger partial charge in [-0.2, -0.15) is 0 Å². The second-order valence-corrected chi connectivity index (χ2v) is 19.6. The van der Waals surface area contributed by atoms with Gasteiger partial charge in [-0.05, 0) is 189 Å². The Balaban J connectivity index is 1.13. The highest BCUT2D eigenvalue weighted by Gasteiger charge is 2.60. The summed E-state index contributed by atoms with van der Waals surface area (Å²) in [6.45, 7) is 10.7. The highest BCUT2D eigenvalue weighted by molar-refractivity contribution is 7.04. The lowest BCUT2D eigenvalue weighted by atomic mass is 9.24. The van der Waals surface area contributed by atoms with Crippen molar-refractivity contribution in [3.63, 3.8) is 0 Å². The van der Waals surface area contributed by atoms with E-state index in [1.54, 1.807) is 55.4 Å². The number of anilines is 3. The van der Waals surface area contributed by atoms with Crippen LogP contribution >= 0.6 is 0 Å². The van der Waals surface area contributed by atoms with Crippen molar-refractivity contribution in [2.24, 2.45) is 0 Å². The maximum atomic E-state index is 7.16. The first kappa shape index (κ1) is 28.1. The maximum absolute atomic E-state index is 7.16. The monoisotopic (exact) mass is 685 g/mol. The largest absolute Gasteiger partial charge is 0.458 e. The fourth-order valence-corrected chi connectivity index (χ4v) is 15.0. The molecule has 6 aliphatic carbocycles. The van der Waals surface area contributed by atoms with E-state index in [0.717, 1.165) is 23.0 Å². The zero-order chi connectivity index (χ0) is 34.6. The summed E-state index contributed by atoms with van der Waals surface area (Å²) < 4.78 is 14.3. The van der Waals surface area contributed by atoms with E-state index in [1.807, 2.05) is 0 Å². The fourth-order valence-electron chi connectivity index (χ4n) is 15.0. The molecule has 53 heavy (non-hydrogen) atoms. The van der Waals surface area contributed by atoms with Crippen molar-refractivity contribution in [3.05, 3.63) is 99.1 Å². The number of nitrogens with zero attached hydrogens (tertiary/aromatic N) is 1. The first-order chi connectivity index (χ1) is 25.8. The van der Waals surface area contributed by atoms with E-state index in [-0.39, 0.29) is 24.3 Å². The first-order valence-electron chi connectivity index (χ1n) is 20.9. The fraction of sp³-hybridized carbons (Fsp3) is 0.375. The van der Waals surface area contributed by atoms with Gasteiger partial charge in [-0.25, -0.2) is 0 Å². The molecular weight excluding hydrogens is 644 g/mol. The van der Waals surface area contributed by atoms with Crippen LogP contribution in [0.5, 0.6) is 23.0 Å². The maximum Gasteiger partial charge on any atom is 0.257 e. The molecule has 0 spiro atoms. The van der Waals surface area contributed by atoms with Crippen molar-refractivity contribution >= 4 is 63.3 Å². The average Bonchev–Trinajstić information content (AvgIpc) is 3.17. The van der Waals surface area contributed by atoms with Gasteiger partial charge in [0.2, 0.25) is 0 Å². The van der Waals surface area contributed by atoms with E-state index in [9.17, 15) is 0 Å². The van der Waals surface area contributed by atoms with Crippen molar-refractivity contribution in [3.8, 4) is 23.0 Å². The van der Waals surface area contributed by atoms with Crippen LogP contribution in [0.3, 0.4) is 0 Å². The Morgan fingerprint density at radius 2 is 0.943 bits per heavy atom. The van der Waals surface area contributed by atoms with E-state index in [2.05, 4.69) is 87.2 Å². The van der Waals surface area contributed by atoms with E-state index in [1.165, 1.54) is 90.3 Å². The van der Waals surface area contributed by atoms with Gasteiger partial charge in [0.05, 0.1) is 0 Å². The minimum Gasteiger partial charge on any atom is -0.458 e. The predicted molar refractivity (Wildman–Crippen MR) is 216 cm³/mol. The summed E-state index contributed by atoms with van der Waals surface area (Å²) in [5, 5.41) is 0. The normalized spacial score (nSPS) is 26.8. The van der Waals surface area contributed by atoms with Crippen molar-refractivity contribution < 1.29 is 9.47 Å². The molecule has 0 radical (unpaired) electrons. The summed E-state index contributed by atoms with van der Waals surface area (Å²) in [6.07, 6.45) is 10.7. The Hall–Kier alpha value is -4.37. The highest BCUT2D eigenvalue weighted by atomic mass is 16.5. The molecule has 0 atom stereocenters. The molecule has 2 saturated carbocycles. The number of benzene rings is 5. The minimum atomic E-state index is -0.155. The zero-order valence-electron chi connectivity index (χ0n) is 31.1. The van der Waals surface area contributed by atoms with Crippen LogP contribution < -0.4 is 47.2 Å². The van der Waals surface area contributed by atoms with Crippen LogP contribution in [0.4, 0.5) is 17.1 Å². The quantitative estimate of drug-likeness (QED) is 0.152. The third-order valence-electron chi connectivity index (χ3n) is 16.9. The van der Waals surface area contributed by atoms with Gasteiger partial charge in [-0.15, -0.1) is 0 Å². The number of hydrogen-bond donors (Lipinski definition) is 0. The first-order valence-corrected chi connectivity index (χ1v) is 20.9. The van der Waals surface area contributed by atoms with Crippen LogP contribution in [0.15, 0.2) is 54.6 Å². The second-order valence-electron chi connectivity index (χ2n) is 19.6. The molecule has 0 aromatic heterocycles. The topological polar surface area (TPSA) is 21.7 Å². The molecule has 0 amide bonds. The lowest BCUT2D eigenvalue weighted by Gasteiger charge is -2.56. The molecule has 0 saturated heterocycles. The lowest BCUT2D eigenvalue weighted by molar-refractivity contribution is 0.351. The molecule has 17 rings (SSSR count). The van der Waals surface area contributed by atoms with Gasteiger partial charge < -0.3 is 14.4 Å². The van der Waals surface area contributed by atoms with Gasteiger partial charge in [0.25, 0.3) is 13.4 Å². The van der Waals surface area contributed by atoms with Gasteiger partial charge >= 0.3 is 0 Å². The smallest absolute Gasteiger partial charge is 0.257 e. The molecule has 6 heterocycles. The Morgan fingerprint density at radius 3 is 1.40 bits per heavy atom.